The summed E-state index contributed by atoms with van der Waals surface area (Å²) >= 11 is 0. The van der Waals surface area contributed by atoms with Gasteiger partial charge in [-0.25, -0.2) is 0 Å². The van der Waals surface area contributed by atoms with Crippen LogP contribution in [0.25, 0.3) is 0 Å². The zero-order chi connectivity index (χ0) is 15.0. The van der Waals surface area contributed by atoms with E-state index in [-0.39, 0.29) is 11.4 Å². The minimum absolute atomic E-state index is 0.150. The van der Waals surface area contributed by atoms with E-state index in [2.05, 4.69) is 25.9 Å². The number of carbonyl (C=O) groups excluding carboxylic acids is 1. The predicted octanol–water partition coefficient (Wildman–Crippen LogP) is 1.84. The Labute approximate surface area is 123 Å². The molecule has 0 aromatic carbocycles. The average molecular weight is 281 g/mol. The molecule has 2 aliphatic carbocycles. The summed E-state index contributed by atoms with van der Waals surface area (Å²) < 4.78 is 0. The number of nitrogens with two attached hydrogens (primary N) is 1. The lowest BCUT2D eigenvalue weighted by molar-refractivity contribution is -0.140. The van der Waals surface area contributed by atoms with Crippen molar-refractivity contribution in [2.45, 2.75) is 62.9 Å². The Bertz CT molecular complexity index is 365. The molecular weight excluding hydrogens is 250 g/mol. The van der Waals surface area contributed by atoms with E-state index in [1.807, 2.05) is 11.9 Å². The monoisotopic (exact) mass is 281 g/mol. The summed E-state index contributed by atoms with van der Waals surface area (Å²) in [5.74, 6) is 0.717. The molecule has 2 saturated carbocycles. The van der Waals surface area contributed by atoms with Crippen LogP contribution < -0.4 is 5.73 Å². The molecule has 20 heavy (non-hydrogen) atoms. The highest BCUT2D eigenvalue weighted by atomic mass is 16.2. The number of nitrogens with zero attached hydrogens (tertiary/aromatic N) is 2. The zero-order valence-corrected chi connectivity index (χ0v) is 13.6. The Morgan fingerprint density at radius 1 is 1.20 bits per heavy atom. The fraction of sp³-hybridized carbons (Fsp3) is 0.938. The number of carbonyl (C=O) groups is 1. The summed E-state index contributed by atoms with van der Waals surface area (Å²) in [7, 11) is 6.18. The topological polar surface area (TPSA) is 49.6 Å². The highest BCUT2D eigenvalue weighted by molar-refractivity contribution is 5.86. The molecule has 0 aliphatic heterocycles. The quantitative estimate of drug-likeness (QED) is 0.855. The van der Waals surface area contributed by atoms with E-state index in [4.69, 9.17) is 5.73 Å². The van der Waals surface area contributed by atoms with E-state index in [9.17, 15) is 4.79 Å². The number of amides is 1. The van der Waals surface area contributed by atoms with Gasteiger partial charge in [0.05, 0.1) is 5.54 Å². The molecule has 1 amide bonds. The van der Waals surface area contributed by atoms with E-state index >= 15 is 0 Å². The Morgan fingerprint density at radius 2 is 1.85 bits per heavy atom. The molecule has 2 unspecified atom stereocenters. The van der Waals surface area contributed by atoms with Gasteiger partial charge < -0.3 is 15.5 Å². The molecular formula is C16H31N3O. The van der Waals surface area contributed by atoms with Crippen LogP contribution in [-0.4, -0.2) is 54.5 Å². The summed E-state index contributed by atoms with van der Waals surface area (Å²) in [5, 5.41) is 0. The van der Waals surface area contributed by atoms with Crippen LogP contribution in [0.1, 0.15) is 51.9 Å². The van der Waals surface area contributed by atoms with Crippen LogP contribution in [0.4, 0.5) is 0 Å². The minimum Gasteiger partial charge on any atom is -0.342 e. The lowest BCUT2D eigenvalue weighted by Crippen LogP contribution is -2.62. The molecule has 0 heterocycles. The summed E-state index contributed by atoms with van der Waals surface area (Å²) in [4.78, 5) is 17.0. The third-order valence-corrected chi connectivity index (χ3v) is 5.57. The van der Waals surface area contributed by atoms with Crippen LogP contribution in [0, 0.1) is 5.92 Å². The third-order valence-electron chi connectivity index (χ3n) is 5.57. The van der Waals surface area contributed by atoms with Gasteiger partial charge in [-0.15, -0.1) is 0 Å². The van der Waals surface area contributed by atoms with E-state index in [1.54, 1.807) is 0 Å². The molecule has 116 valence electrons. The van der Waals surface area contributed by atoms with Crippen molar-refractivity contribution in [3.05, 3.63) is 0 Å². The SMILES string of the molecule is CC1CCCC(N)(C(=O)N(C)CC2(N(C)C)CCC2)C1. The third kappa shape index (κ3) is 2.86. The number of likely N-dealkylation sites (N-methyl/N-ethyl adjacent to an activating group) is 2. The molecule has 0 bridgehead atoms. The van der Waals surface area contributed by atoms with Gasteiger partial charge in [-0.3, -0.25) is 4.79 Å². The zero-order valence-electron chi connectivity index (χ0n) is 13.6. The lowest BCUT2D eigenvalue weighted by atomic mass is 9.74. The first kappa shape index (κ1) is 15.8. The molecule has 0 saturated heterocycles. The van der Waals surface area contributed by atoms with Crippen LogP contribution in [-0.2, 0) is 4.79 Å². The second-order valence-electron chi connectivity index (χ2n) is 7.49. The van der Waals surface area contributed by atoms with E-state index in [0.717, 1.165) is 25.8 Å². The van der Waals surface area contributed by atoms with E-state index in [1.165, 1.54) is 25.7 Å². The van der Waals surface area contributed by atoms with Gasteiger partial charge >= 0.3 is 0 Å². The van der Waals surface area contributed by atoms with E-state index < -0.39 is 5.54 Å². The van der Waals surface area contributed by atoms with Gasteiger partial charge in [-0.2, -0.15) is 0 Å². The van der Waals surface area contributed by atoms with Gasteiger partial charge in [0.1, 0.15) is 0 Å². The largest absolute Gasteiger partial charge is 0.342 e. The lowest BCUT2D eigenvalue weighted by Gasteiger charge is -2.50. The second-order valence-corrected chi connectivity index (χ2v) is 7.49. The van der Waals surface area contributed by atoms with Crippen LogP contribution in [0.5, 0.6) is 0 Å². The molecule has 0 aromatic rings. The summed E-state index contributed by atoms with van der Waals surface area (Å²) in [5.41, 5.74) is 6.00. The minimum atomic E-state index is -0.621. The molecule has 0 radical (unpaired) electrons. The number of hydrogen-bond acceptors (Lipinski definition) is 3. The summed E-state index contributed by atoms with van der Waals surface area (Å²) in [6.07, 6.45) is 7.61. The van der Waals surface area contributed by atoms with Crippen molar-refractivity contribution in [2.75, 3.05) is 27.7 Å². The molecule has 2 fully saturated rings. The Hall–Kier alpha value is -0.610. The Kier molecular flexibility index (Phi) is 4.45. The van der Waals surface area contributed by atoms with Gasteiger partial charge in [-0.1, -0.05) is 19.8 Å². The van der Waals surface area contributed by atoms with Crippen LogP contribution in [0.2, 0.25) is 0 Å². The molecule has 0 aromatic heterocycles. The van der Waals surface area contributed by atoms with Crippen LogP contribution in [0.3, 0.4) is 0 Å². The van der Waals surface area contributed by atoms with Crippen LogP contribution >= 0.6 is 0 Å². The van der Waals surface area contributed by atoms with Gasteiger partial charge in [0.15, 0.2) is 0 Å². The fourth-order valence-corrected chi connectivity index (χ4v) is 4.01. The van der Waals surface area contributed by atoms with Gasteiger partial charge in [0.2, 0.25) is 5.91 Å². The molecule has 0 spiro atoms. The standard InChI is InChI=1S/C16H31N3O/c1-13-7-5-10-16(17,11-13)14(20)19(4)12-15(18(2)3)8-6-9-15/h13H,5-12,17H2,1-4H3. The molecule has 2 N–H and O–H groups in total. The maximum Gasteiger partial charge on any atom is 0.242 e. The molecule has 2 atom stereocenters. The first-order chi connectivity index (χ1) is 9.29. The summed E-state index contributed by atoms with van der Waals surface area (Å²) in [6, 6.07) is 0. The predicted molar refractivity (Wildman–Crippen MR) is 82.5 cm³/mol. The average Bonchev–Trinajstić information content (AvgIpc) is 2.31. The van der Waals surface area contributed by atoms with Crippen molar-refractivity contribution < 1.29 is 4.79 Å². The normalized spacial score (nSPS) is 32.8. The van der Waals surface area contributed by atoms with Crippen molar-refractivity contribution in [3.8, 4) is 0 Å². The van der Waals surface area contributed by atoms with Gasteiger partial charge in [-0.05, 0) is 52.1 Å². The van der Waals surface area contributed by atoms with E-state index in [0.29, 0.717) is 5.92 Å². The molecule has 2 rings (SSSR count). The number of rotatable bonds is 4. The molecule has 4 heteroatoms. The van der Waals surface area contributed by atoms with Crippen molar-refractivity contribution in [1.82, 2.24) is 9.80 Å². The van der Waals surface area contributed by atoms with Gasteiger partial charge in [0, 0.05) is 19.1 Å². The first-order valence-electron chi connectivity index (χ1n) is 8.01. The first-order valence-corrected chi connectivity index (χ1v) is 8.01. The van der Waals surface area contributed by atoms with Gasteiger partial charge in [0.25, 0.3) is 0 Å². The Morgan fingerprint density at radius 3 is 2.30 bits per heavy atom. The molecule has 4 nitrogen and oxygen atoms in total. The number of hydrogen-bond donors (Lipinski definition) is 1. The second kappa shape index (κ2) is 5.64. The maximum atomic E-state index is 12.8. The fourth-order valence-electron chi connectivity index (χ4n) is 4.01. The van der Waals surface area contributed by atoms with Crippen molar-refractivity contribution in [2.24, 2.45) is 11.7 Å². The van der Waals surface area contributed by atoms with Crippen molar-refractivity contribution >= 4 is 5.91 Å². The molecule has 2 aliphatic rings. The van der Waals surface area contributed by atoms with Crippen LogP contribution in [0.15, 0.2) is 0 Å². The van der Waals surface area contributed by atoms with Crippen molar-refractivity contribution in [3.63, 3.8) is 0 Å². The highest BCUT2D eigenvalue weighted by Crippen LogP contribution is 2.38. The Balaban J connectivity index is 2.01. The summed E-state index contributed by atoms with van der Waals surface area (Å²) in [6.45, 7) is 3.02. The van der Waals surface area contributed by atoms with Crippen molar-refractivity contribution in [1.29, 1.82) is 0 Å². The smallest absolute Gasteiger partial charge is 0.242 e. The maximum absolute atomic E-state index is 12.8. The highest BCUT2D eigenvalue weighted by Gasteiger charge is 2.44.